The molecule has 0 bridgehead atoms. The van der Waals surface area contributed by atoms with E-state index in [1.54, 1.807) is 31.5 Å². The van der Waals surface area contributed by atoms with Gasteiger partial charge in [0, 0.05) is 30.4 Å². The number of carbonyl (C=O) groups excluding carboxylic acids is 1. The highest BCUT2D eigenvalue weighted by atomic mass is 19.1. The van der Waals surface area contributed by atoms with Crippen molar-refractivity contribution in [2.75, 3.05) is 19.7 Å². The van der Waals surface area contributed by atoms with Gasteiger partial charge in [0.1, 0.15) is 11.6 Å². The van der Waals surface area contributed by atoms with Crippen molar-refractivity contribution in [2.45, 2.75) is 40.0 Å². The molecule has 0 radical (unpaired) electrons. The molecule has 1 heterocycles. The summed E-state index contributed by atoms with van der Waals surface area (Å²) in [5, 5.41) is 6.85. The summed E-state index contributed by atoms with van der Waals surface area (Å²) in [5.74, 6) is 0.424. The van der Waals surface area contributed by atoms with Crippen molar-refractivity contribution in [2.24, 2.45) is 0 Å². The molecule has 5 nitrogen and oxygen atoms in total. The van der Waals surface area contributed by atoms with Gasteiger partial charge < -0.3 is 9.64 Å². The van der Waals surface area contributed by atoms with Crippen molar-refractivity contribution < 1.29 is 13.9 Å². The number of H-pyrrole nitrogens is 1. The molecule has 1 amide bonds. The number of nitrogens with zero attached hydrogens (tertiary/aromatic N) is 2. The van der Waals surface area contributed by atoms with E-state index in [2.05, 4.69) is 17.1 Å². The van der Waals surface area contributed by atoms with E-state index in [-0.39, 0.29) is 11.7 Å². The Morgan fingerprint density at radius 3 is 2.65 bits per heavy atom. The van der Waals surface area contributed by atoms with Crippen LogP contribution in [0, 0.1) is 19.7 Å². The highest BCUT2D eigenvalue weighted by molar-refractivity contribution is 6.01. The molecule has 164 valence electrons. The van der Waals surface area contributed by atoms with Crippen LogP contribution >= 0.6 is 0 Å². The van der Waals surface area contributed by atoms with Crippen LogP contribution in [0.3, 0.4) is 0 Å². The van der Waals surface area contributed by atoms with Crippen LogP contribution < -0.4 is 4.74 Å². The van der Waals surface area contributed by atoms with Gasteiger partial charge in [-0.15, -0.1) is 0 Å². The van der Waals surface area contributed by atoms with Crippen LogP contribution in [0.5, 0.6) is 5.75 Å². The number of ether oxygens (including phenoxy) is 1. The predicted octanol–water partition coefficient (Wildman–Crippen LogP) is 5.54. The Morgan fingerprint density at radius 1 is 1.13 bits per heavy atom. The van der Waals surface area contributed by atoms with E-state index in [0.717, 1.165) is 29.5 Å². The first-order valence-electron chi connectivity index (χ1n) is 10.8. The second kappa shape index (κ2) is 10.8. The lowest BCUT2D eigenvalue weighted by molar-refractivity contribution is 0.0745. The number of nitrogens with one attached hydrogen (secondary N) is 1. The van der Waals surface area contributed by atoms with E-state index in [0.29, 0.717) is 43.0 Å². The van der Waals surface area contributed by atoms with Crippen LogP contribution in [0.25, 0.3) is 11.1 Å². The fourth-order valence-electron chi connectivity index (χ4n) is 3.47. The van der Waals surface area contributed by atoms with E-state index < -0.39 is 0 Å². The Kier molecular flexibility index (Phi) is 7.82. The predicted molar refractivity (Wildman–Crippen MR) is 121 cm³/mol. The van der Waals surface area contributed by atoms with Gasteiger partial charge in [0.25, 0.3) is 5.91 Å². The van der Waals surface area contributed by atoms with Crippen molar-refractivity contribution in [3.63, 3.8) is 0 Å². The molecule has 1 N–H and O–H groups in total. The summed E-state index contributed by atoms with van der Waals surface area (Å²) >= 11 is 0. The Labute approximate surface area is 183 Å². The molecule has 0 spiro atoms. The molecule has 0 unspecified atom stereocenters. The summed E-state index contributed by atoms with van der Waals surface area (Å²) in [7, 11) is 0. The number of hydrogen-bond acceptors (Lipinski definition) is 3. The minimum Gasteiger partial charge on any atom is -0.494 e. The molecule has 6 heteroatoms. The number of rotatable bonds is 10. The first-order chi connectivity index (χ1) is 15.0. The lowest BCUT2D eigenvalue weighted by Crippen LogP contribution is -2.34. The molecule has 3 aromatic rings. The van der Waals surface area contributed by atoms with Crippen LogP contribution in [0.2, 0.25) is 0 Å². The van der Waals surface area contributed by atoms with Crippen LogP contribution in [-0.2, 0) is 0 Å². The SMILES string of the molecule is CCCCN(CCCOc1ccc(F)c(C)c1)C(=O)c1cc(C)ccc1-c1cn[nH]c1. The maximum absolute atomic E-state index is 13.5. The fraction of sp³-hybridized carbons (Fsp3) is 0.360. The molecule has 0 saturated heterocycles. The van der Waals surface area contributed by atoms with E-state index in [1.807, 2.05) is 30.0 Å². The largest absolute Gasteiger partial charge is 0.494 e. The lowest BCUT2D eigenvalue weighted by atomic mass is 9.99. The molecule has 31 heavy (non-hydrogen) atoms. The monoisotopic (exact) mass is 423 g/mol. The second-order valence-corrected chi connectivity index (χ2v) is 7.79. The summed E-state index contributed by atoms with van der Waals surface area (Å²) < 4.78 is 19.2. The van der Waals surface area contributed by atoms with Crippen molar-refractivity contribution in [1.82, 2.24) is 15.1 Å². The number of aromatic amines is 1. The zero-order valence-corrected chi connectivity index (χ0v) is 18.5. The number of carbonyl (C=O) groups is 1. The van der Waals surface area contributed by atoms with Gasteiger partial charge in [0.15, 0.2) is 0 Å². The van der Waals surface area contributed by atoms with Crippen molar-refractivity contribution >= 4 is 5.91 Å². The standard InChI is InChI=1S/C25H30FN3O2/c1-4-5-11-29(12-6-13-31-21-8-10-24(26)19(3)15-21)25(30)23-14-18(2)7-9-22(23)20-16-27-28-17-20/h7-10,14-17H,4-6,11-13H2,1-3H3,(H,27,28). The highest BCUT2D eigenvalue weighted by Crippen LogP contribution is 2.25. The number of aryl methyl sites for hydroxylation is 2. The maximum atomic E-state index is 13.5. The summed E-state index contributed by atoms with van der Waals surface area (Å²) in [4.78, 5) is 15.4. The van der Waals surface area contributed by atoms with Crippen molar-refractivity contribution in [3.05, 3.63) is 71.3 Å². The van der Waals surface area contributed by atoms with Crippen molar-refractivity contribution in [3.8, 4) is 16.9 Å². The smallest absolute Gasteiger partial charge is 0.254 e. The van der Waals surface area contributed by atoms with Crippen molar-refractivity contribution in [1.29, 1.82) is 0 Å². The van der Waals surface area contributed by atoms with Gasteiger partial charge >= 0.3 is 0 Å². The third-order valence-electron chi connectivity index (χ3n) is 5.25. The zero-order valence-electron chi connectivity index (χ0n) is 18.5. The van der Waals surface area contributed by atoms with Crippen LogP contribution in [0.15, 0.2) is 48.8 Å². The lowest BCUT2D eigenvalue weighted by Gasteiger charge is -2.24. The first kappa shape index (κ1) is 22.5. The Balaban J connectivity index is 1.69. The number of hydrogen-bond donors (Lipinski definition) is 1. The molecular formula is C25H30FN3O2. The summed E-state index contributed by atoms with van der Waals surface area (Å²) in [6, 6.07) is 10.7. The maximum Gasteiger partial charge on any atom is 0.254 e. The number of amides is 1. The van der Waals surface area contributed by atoms with E-state index >= 15 is 0 Å². The summed E-state index contributed by atoms with van der Waals surface area (Å²) in [6.45, 7) is 7.58. The first-order valence-corrected chi connectivity index (χ1v) is 10.8. The molecule has 3 rings (SSSR count). The minimum atomic E-state index is -0.240. The van der Waals surface area contributed by atoms with Gasteiger partial charge in [-0.1, -0.05) is 31.0 Å². The van der Waals surface area contributed by atoms with Gasteiger partial charge in [0.05, 0.1) is 12.8 Å². The van der Waals surface area contributed by atoms with Gasteiger partial charge in [0.2, 0.25) is 0 Å². The van der Waals surface area contributed by atoms with Gasteiger partial charge in [-0.3, -0.25) is 9.89 Å². The summed E-state index contributed by atoms with van der Waals surface area (Å²) in [6.07, 6.45) is 6.18. The fourth-order valence-corrected chi connectivity index (χ4v) is 3.47. The molecule has 0 aliphatic carbocycles. The van der Waals surface area contributed by atoms with Gasteiger partial charge in [-0.25, -0.2) is 4.39 Å². The zero-order chi connectivity index (χ0) is 22.2. The van der Waals surface area contributed by atoms with E-state index in [9.17, 15) is 9.18 Å². The minimum absolute atomic E-state index is 0.0194. The molecule has 0 saturated carbocycles. The topological polar surface area (TPSA) is 58.2 Å². The number of benzene rings is 2. The van der Waals surface area contributed by atoms with Gasteiger partial charge in [-0.05, 0) is 62.1 Å². The van der Waals surface area contributed by atoms with Crippen LogP contribution in [0.4, 0.5) is 4.39 Å². The van der Waals surface area contributed by atoms with Crippen LogP contribution in [-0.4, -0.2) is 40.7 Å². The van der Waals surface area contributed by atoms with Crippen LogP contribution in [0.1, 0.15) is 47.7 Å². The average Bonchev–Trinajstić information content (AvgIpc) is 3.30. The normalized spacial score (nSPS) is 10.8. The Morgan fingerprint density at radius 2 is 1.94 bits per heavy atom. The third-order valence-corrected chi connectivity index (χ3v) is 5.25. The Bertz CT molecular complexity index is 1000. The highest BCUT2D eigenvalue weighted by Gasteiger charge is 2.20. The number of halogens is 1. The molecular weight excluding hydrogens is 393 g/mol. The van der Waals surface area contributed by atoms with E-state index in [4.69, 9.17) is 4.74 Å². The molecule has 0 aliphatic rings. The number of aromatic nitrogens is 2. The molecule has 0 aliphatic heterocycles. The number of unbranched alkanes of at least 4 members (excludes halogenated alkanes) is 1. The van der Waals surface area contributed by atoms with Gasteiger partial charge in [-0.2, -0.15) is 5.10 Å². The molecule has 2 aromatic carbocycles. The quantitative estimate of drug-likeness (QED) is 0.435. The van der Waals surface area contributed by atoms with E-state index in [1.165, 1.54) is 6.07 Å². The molecule has 0 atom stereocenters. The summed E-state index contributed by atoms with van der Waals surface area (Å²) in [5.41, 5.74) is 4.06. The Hall–Kier alpha value is -3.15. The molecule has 0 fully saturated rings. The second-order valence-electron chi connectivity index (χ2n) is 7.79. The molecule has 1 aromatic heterocycles. The third kappa shape index (κ3) is 5.94. The average molecular weight is 424 g/mol.